The first-order valence-corrected chi connectivity index (χ1v) is 9.87. The highest BCUT2D eigenvalue weighted by Gasteiger charge is 2.25. The van der Waals surface area contributed by atoms with Crippen molar-refractivity contribution >= 4 is 23.2 Å². The predicted octanol–water partition coefficient (Wildman–Crippen LogP) is 6.15. The molecule has 0 saturated carbocycles. The van der Waals surface area contributed by atoms with E-state index in [2.05, 4.69) is 4.98 Å². The molecule has 1 aromatic heterocycles. The average Bonchev–Trinajstić information content (AvgIpc) is 3.15. The normalized spacial score (nSPS) is 11.0. The number of imidazole rings is 1. The van der Waals surface area contributed by atoms with Crippen molar-refractivity contribution in [3.8, 4) is 34.1 Å². The molecule has 1 heterocycles. The standard InChI is InChI=1S/C23H17Cl2FN2O2/c1-30-20-11-10-15(24)12-16(20)22-18(13-29)27-23(14-6-3-2-4-7-14)28(22)19-9-5-8-17(25)21(19)26/h2-12,29H,13H2,1H3. The Balaban J connectivity index is 2.14. The van der Waals surface area contributed by atoms with Gasteiger partial charge < -0.3 is 9.84 Å². The Morgan fingerprint density at radius 2 is 1.80 bits per heavy atom. The molecule has 4 nitrogen and oxygen atoms in total. The van der Waals surface area contributed by atoms with Gasteiger partial charge in [-0.25, -0.2) is 9.37 Å². The lowest BCUT2D eigenvalue weighted by Crippen LogP contribution is -2.04. The Morgan fingerprint density at radius 3 is 2.50 bits per heavy atom. The van der Waals surface area contributed by atoms with Crippen LogP contribution in [0, 0.1) is 5.82 Å². The van der Waals surface area contributed by atoms with Crippen LogP contribution in [0.4, 0.5) is 4.39 Å². The second kappa shape index (κ2) is 8.48. The van der Waals surface area contributed by atoms with Crippen molar-refractivity contribution in [3.63, 3.8) is 0 Å². The highest BCUT2D eigenvalue weighted by atomic mass is 35.5. The summed E-state index contributed by atoms with van der Waals surface area (Å²) in [5.74, 6) is 0.371. The largest absolute Gasteiger partial charge is 0.496 e. The summed E-state index contributed by atoms with van der Waals surface area (Å²) >= 11 is 12.3. The molecule has 0 spiro atoms. The van der Waals surface area contributed by atoms with Crippen molar-refractivity contribution in [2.75, 3.05) is 7.11 Å². The van der Waals surface area contributed by atoms with Gasteiger partial charge in [0.05, 0.1) is 35.8 Å². The van der Waals surface area contributed by atoms with Crippen molar-refractivity contribution < 1.29 is 14.2 Å². The Morgan fingerprint density at radius 1 is 1.03 bits per heavy atom. The molecule has 7 heteroatoms. The van der Waals surface area contributed by atoms with Crippen LogP contribution in [0.25, 0.3) is 28.3 Å². The lowest BCUT2D eigenvalue weighted by atomic mass is 10.1. The number of rotatable bonds is 5. The minimum atomic E-state index is -0.597. The van der Waals surface area contributed by atoms with Gasteiger partial charge in [-0.05, 0) is 30.3 Å². The fourth-order valence-corrected chi connectivity index (χ4v) is 3.74. The molecule has 4 rings (SSSR count). The third-order valence-electron chi connectivity index (χ3n) is 4.72. The molecule has 3 aromatic carbocycles. The van der Waals surface area contributed by atoms with E-state index in [1.807, 2.05) is 30.3 Å². The highest BCUT2D eigenvalue weighted by molar-refractivity contribution is 6.31. The highest BCUT2D eigenvalue weighted by Crippen LogP contribution is 2.40. The Kier molecular flexibility index (Phi) is 5.77. The molecule has 0 bridgehead atoms. The maximum Gasteiger partial charge on any atom is 0.165 e. The summed E-state index contributed by atoms with van der Waals surface area (Å²) in [6.45, 7) is -0.361. The molecule has 0 aliphatic rings. The summed E-state index contributed by atoms with van der Waals surface area (Å²) in [6, 6.07) is 19.2. The van der Waals surface area contributed by atoms with Crippen molar-refractivity contribution in [2.45, 2.75) is 6.61 Å². The zero-order valence-corrected chi connectivity index (χ0v) is 17.5. The van der Waals surface area contributed by atoms with Crippen molar-refractivity contribution in [1.82, 2.24) is 9.55 Å². The smallest absolute Gasteiger partial charge is 0.165 e. The van der Waals surface area contributed by atoms with Crippen LogP contribution in [0.5, 0.6) is 5.75 Å². The molecule has 4 aromatic rings. The number of nitrogens with zero attached hydrogens (tertiary/aromatic N) is 2. The lowest BCUT2D eigenvalue weighted by Gasteiger charge is -2.16. The second-order valence-corrected chi connectivity index (χ2v) is 7.35. The Bertz CT molecular complexity index is 1210. The number of aromatic nitrogens is 2. The van der Waals surface area contributed by atoms with Crippen LogP contribution in [-0.2, 0) is 6.61 Å². The van der Waals surface area contributed by atoms with Crippen LogP contribution in [0.3, 0.4) is 0 Å². The van der Waals surface area contributed by atoms with Crippen molar-refractivity contribution in [3.05, 3.63) is 88.3 Å². The number of methoxy groups -OCH3 is 1. The Hall–Kier alpha value is -2.86. The minimum Gasteiger partial charge on any atom is -0.496 e. The van der Waals surface area contributed by atoms with Gasteiger partial charge in [0.25, 0.3) is 0 Å². The molecular weight excluding hydrogens is 426 g/mol. The van der Waals surface area contributed by atoms with E-state index in [0.29, 0.717) is 33.5 Å². The molecule has 0 unspecified atom stereocenters. The van der Waals surface area contributed by atoms with E-state index in [-0.39, 0.29) is 17.3 Å². The van der Waals surface area contributed by atoms with Gasteiger partial charge in [0, 0.05) is 16.1 Å². The number of aliphatic hydroxyl groups excluding tert-OH is 1. The summed E-state index contributed by atoms with van der Waals surface area (Å²) in [6.07, 6.45) is 0. The lowest BCUT2D eigenvalue weighted by molar-refractivity contribution is 0.278. The van der Waals surface area contributed by atoms with Gasteiger partial charge >= 0.3 is 0 Å². The summed E-state index contributed by atoms with van der Waals surface area (Å²) in [4.78, 5) is 4.63. The maximum atomic E-state index is 15.2. The molecule has 0 atom stereocenters. The first kappa shape index (κ1) is 20.4. The molecule has 0 aliphatic carbocycles. The Labute approximate surface area is 183 Å². The minimum absolute atomic E-state index is 0.0187. The average molecular weight is 443 g/mol. The second-order valence-electron chi connectivity index (χ2n) is 6.51. The molecule has 0 aliphatic heterocycles. The van der Waals surface area contributed by atoms with E-state index < -0.39 is 5.82 Å². The van der Waals surface area contributed by atoms with E-state index in [4.69, 9.17) is 27.9 Å². The first-order valence-electron chi connectivity index (χ1n) is 9.11. The fourth-order valence-electron chi connectivity index (χ4n) is 3.40. The number of ether oxygens (including phenoxy) is 1. The van der Waals surface area contributed by atoms with Crippen LogP contribution in [-0.4, -0.2) is 21.8 Å². The van der Waals surface area contributed by atoms with Crippen molar-refractivity contribution in [2.24, 2.45) is 0 Å². The SMILES string of the molecule is COc1ccc(Cl)cc1-c1c(CO)nc(-c2ccccc2)n1-c1cccc(Cl)c1F. The van der Waals surface area contributed by atoms with Gasteiger partial charge in [-0.2, -0.15) is 0 Å². The van der Waals surface area contributed by atoms with Gasteiger partial charge in [-0.15, -0.1) is 0 Å². The number of benzene rings is 3. The topological polar surface area (TPSA) is 47.3 Å². The number of aliphatic hydroxyl groups is 1. The van der Waals surface area contributed by atoms with Gasteiger partial charge in [-0.1, -0.05) is 59.6 Å². The van der Waals surface area contributed by atoms with E-state index in [1.165, 1.54) is 13.2 Å². The van der Waals surface area contributed by atoms with E-state index in [9.17, 15) is 5.11 Å². The summed E-state index contributed by atoms with van der Waals surface area (Å²) in [5, 5.41) is 10.5. The first-order chi connectivity index (χ1) is 14.5. The molecule has 0 saturated heterocycles. The fraction of sp³-hybridized carbons (Fsp3) is 0.0870. The quantitative estimate of drug-likeness (QED) is 0.402. The molecule has 152 valence electrons. The van der Waals surface area contributed by atoms with E-state index >= 15 is 4.39 Å². The summed E-state index contributed by atoms with van der Waals surface area (Å²) in [5.41, 5.74) is 2.35. The summed E-state index contributed by atoms with van der Waals surface area (Å²) in [7, 11) is 1.53. The van der Waals surface area contributed by atoms with Crippen LogP contribution >= 0.6 is 23.2 Å². The number of hydrogen-bond donors (Lipinski definition) is 1. The van der Waals surface area contributed by atoms with Crippen LogP contribution in [0.2, 0.25) is 10.0 Å². The van der Waals surface area contributed by atoms with Gasteiger partial charge in [0.1, 0.15) is 11.6 Å². The number of hydrogen-bond acceptors (Lipinski definition) is 3. The van der Waals surface area contributed by atoms with Gasteiger partial charge in [-0.3, -0.25) is 4.57 Å². The zero-order valence-electron chi connectivity index (χ0n) is 15.9. The predicted molar refractivity (Wildman–Crippen MR) is 117 cm³/mol. The molecule has 0 fully saturated rings. The molecule has 0 amide bonds. The third kappa shape index (κ3) is 3.56. The van der Waals surface area contributed by atoms with Crippen LogP contribution in [0.15, 0.2) is 66.7 Å². The van der Waals surface area contributed by atoms with Crippen LogP contribution in [0.1, 0.15) is 5.69 Å². The van der Waals surface area contributed by atoms with E-state index in [1.54, 1.807) is 34.9 Å². The van der Waals surface area contributed by atoms with Crippen molar-refractivity contribution in [1.29, 1.82) is 0 Å². The number of halogens is 3. The van der Waals surface area contributed by atoms with Gasteiger partial charge in [0.2, 0.25) is 0 Å². The third-order valence-corrected chi connectivity index (χ3v) is 5.25. The molecule has 1 N–H and O–H groups in total. The maximum absolute atomic E-state index is 15.2. The monoisotopic (exact) mass is 442 g/mol. The zero-order chi connectivity index (χ0) is 21.3. The molecule has 30 heavy (non-hydrogen) atoms. The summed E-state index contributed by atoms with van der Waals surface area (Å²) < 4.78 is 22.3. The van der Waals surface area contributed by atoms with Gasteiger partial charge in [0.15, 0.2) is 5.82 Å². The molecule has 0 radical (unpaired) electrons. The van der Waals surface area contributed by atoms with E-state index in [0.717, 1.165) is 5.56 Å². The molecular formula is C23H17Cl2FN2O2. The van der Waals surface area contributed by atoms with Crippen LogP contribution < -0.4 is 4.74 Å².